The molecule has 3 N–H and O–H groups in total. The number of carbonyl (C=O) groups excluding carboxylic acids is 1. The summed E-state index contributed by atoms with van der Waals surface area (Å²) >= 11 is 0. The van der Waals surface area contributed by atoms with Crippen LogP contribution in [-0.2, 0) is 4.79 Å². The molecule has 2 atom stereocenters. The summed E-state index contributed by atoms with van der Waals surface area (Å²) in [6.45, 7) is 6.39. The maximum atomic E-state index is 12.2. The monoisotopic (exact) mass is 267 g/mol. The van der Waals surface area contributed by atoms with E-state index in [0.717, 1.165) is 38.8 Å². The third-order valence-electron chi connectivity index (χ3n) is 4.93. The van der Waals surface area contributed by atoms with Crippen LogP contribution < -0.4 is 11.1 Å². The average Bonchev–Trinajstić information content (AvgIpc) is 2.77. The van der Waals surface area contributed by atoms with Crippen LogP contribution in [0.2, 0.25) is 0 Å². The van der Waals surface area contributed by atoms with Crippen LogP contribution in [0.15, 0.2) is 0 Å². The molecule has 0 aromatic carbocycles. The standard InChI is InChI=1S/C15H29N3O/c1-15(8-5-7-13(15)16)14(19)17-9-6-12-18-10-3-2-4-11-18/h13H,2-12,16H2,1H3,(H,17,19). The first kappa shape index (κ1) is 14.8. The molecule has 0 bridgehead atoms. The molecule has 1 saturated carbocycles. The molecule has 1 aliphatic carbocycles. The topological polar surface area (TPSA) is 58.4 Å². The minimum Gasteiger partial charge on any atom is -0.356 e. The molecule has 110 valence electrons. The maximum absolute atomic E-state index is 12.2. The summed E-state index contributed by atoms with van der Waals surface area (Å²) < 4.78 is 0. The van der Waals surface area contributed by atoms with Crippen LogP contribution in [0.5, 0.6) is 0 Å². The Morgan fingerprint density at radius 1 is 1.32 bits per heavy atom. The molecule has 4 heteroatoms. The molecule has 0 aromatic rings. The molecule has 0 spiro atoms. The van der Waals surface area contributed by atoms with Crippen molar-refractivity contribution in [2.75, 3.05) is 26.2 Å². The van der Waals surface area contributed by atoms with E-state index in [0.29, 0.717) is 0 Å². The Balaban J connectivity index is 1.63. The van der Waals surface area contributed by atoms with Crippen molar-refractivity contribution in [3.63, 3.8) is 0 Å². The van der Waals surface area contributed by atoms with Crippen molar-refractivity contribution in [3.05, 3.63) is 0 Å². The highest BCUT2D eigenvalue weighted by Gasteiger charge is 2.42. The number of piperidine rings is 1. The molecule has 19 heavy (non-hydrogen) atoms. The van der Waals surface area contributed by atoms with E-state index in [-0.39, 0.29) is 17.4 Å². The lowest BCUT2D eigenvalue weighted by molar-refractivity contribution is -0.130. The van der Waals surface area contributed by atoms with Gasteiger partial charge in [0.15, 0.2) is 0 Å². The Morgan fingerprint density at radius 2 is 2.05 bits per heavy atom. The van der Waals surface area contributed by atoms with Crippen LogP contribution in [0.25, 0.3) is 0 Å². The molecule has 0 radical (unpaired) electrons. The zero-order chi connectivity index (χ0) is 13.7. The van der Waals surface area contributed by atoms with E-state index >= 15 is 0 Å². The van der Waals surface area contributed by atoms with Crippen molar-refractivity contribution in [3.8, 4) is 0 Å². The lowest BCUT2D eigenvalue weighted by atomic mass is 9.84. The number of nitrogens with zero attached hydrogens (tertiary/aromatic N) is 1. The predicted octanol–water partition coefficient (Wildman–Crippen LogP) is 1.50. The van der Waals surface area contributed by atoms with Crippen LogP contribution in [0.3, 0.4) is 0 Å². The fourth-order valence-electron chi connectivity index (χ4n) is 3.36. The largest absolute Gasteiger partial charge is 0.356 e. The van der Waals surface area contributed by atoms with Gasteiger partial charge >= 0.3 is 0 Å². The van der Waals surface area contributed by atoms with E-state index in [9.17, 15) is 4.79 Å². The van der Waals surface area contributed by atoms with Crippen molar-refractivity contribution < 1.29 is 4.79 Å². The molecule has 1 amide bonds. The molecule has 2 rings (SSSR count). The third kappa shape index (κ3) is 3.69. The number of hydrogen-bond donors (Lipinski definition) is 2. The van der Waals surface area contributed by atoms with Gasteiger partial charge in [-0.05, 0) is 58.7 Å². The van der Waals surface area contributed by atoms with E-state index in [4.69, 9.17) is 5.73 Å². The number of nitrogens with one attached hydrogen (secondary N) is 1. The molecule has 0 aromatic heterocycles. The zero-order valence-electron chi connectivity index (χ0n) is 12.3. The molecular weight excluding hydrogens is 238 g/mol. The van der Waals surface area contributed by atoms with Gasteiger partial charge in [0.1, 0.15) is 0 Å². The smallest absolute Gasteiger partial charge is 0.227 e. The SMILES string of the molecule is CC1(C(=O)NCCCN2CCCCC2)CCCC1N. The number of hydrogen-bond acceptors (Lipinski definition) is 3. The summed E-state index contributed by atoms with van der Waals surface area (Å²) in [7, 11) is 0. The van der Waals surface area contributed by atoms with Crippen molar-refractivity contribution in [2.24, 2.45) is 11.1 Å². The van der Waals surface area contributed by atoms with Gasteiger partial charge in [0.05, 0.1) is 5.41 Å². The molecule has 2 unspecified atom stereocenters. The molecule has 1 saturated heterocycles. The molecule has 2 aliphatic rings. The number of likely N-dealkylation sites (tertiary alicyclic amines) is 1. The second-order valence-corrected chi connectivity index (χ2v) is 6.43. The van der Waals surface area contributed by atoms with E-state index in [1.54, 1.807) is 0 Å². The summed E-state index contributed by atoms with van der Waals surface area (Å²) in [5, 5.41) is 3.09. The molecule has 1 aliphatic heterocycles. The van der Waals surface area contributed by atoms with Crippen molar-refractivity contribution in [1.29, 1.82) is 0 Å². The summed E-state index contributed by atoms with van der Waals surface area (Å²) in [6.07, 6.45) is 8.10. The number of carbonyl (C=O) groups is 1. The van der Waals surface area contributed by atoms with Gasteiger partial charge in [0.25, 0.3) is 0 Å². The first-order valence-corrected chi connectivity index (χ1v) is 7.89. The minimum absolute atomic E-state index is 0.0367. The third-order valence-corrected chi connectivity index (χ3v) is 4.93. The number of amides is 1. The predicted molar refractivity (Wildman–Crippen MR) is 77.9 cm³/mol. The minimum atomic E-state index is -0.328. The average molecular weight is 267 g/mol. The lowest BCUT2D eigenvalue weighted by Gasteiger charge is -2.28. The van der Waals surface area contributed by atoms with E-state index in [1.807, 2.05) is 6.92 Å². The Kier molecular flexibility index (Phi) is 5.22. The van der Waals surface area contributed by atoms with Gasteiger partial charge in [-0.2, -0.15) is 0 Å². The van der Waals surface area contributed by atoms with Crippen LogP contribution in [0.4, 0.5) is 0 Å². The fraction of sp³-hybridized carbons (Fsp3) is 0.933. The second-order valence-electron chi connectivity index (χ2n) is 6.43. The molecular formula is C15H29N3O. The first-order chi connectivity index (χ1) is 9.13. The van der Waals surface area contributed by atoms with Gasteiger partial charge in [-0.3, -0.25) is 4.79 Å². The first-order valence-electron chi connectivity index (χ1n) is 7.89. The van der Waals surface area contributed by atoms with Crippen LogP contribution in [0, 0.1) is 5.41 Å². The van der Waals surface area contributed by atoms with Crippen molar-refractivity contribution in [2.45, 2.75) is 57.9 Å². The van der Waals surface area contributed by atoms with Crippen LogP contribution in [0.1, 0.15) is 51.9 Å². The Bertz CT molecular complexity index is 302. The van der Waals surface area contributed by atoms with Crippen molar-refractivity contribution in [1.82, 2.24) is 10.2 Å². The summed E-state index contributed by atoms with van der Waals surface area (Å²) in [6, 6.07) is 0.0367. The van der Waals surface area contributed by atoms with Gasteiger partial charge in [-0.15, -0.1) is 0 Å². The van der Waals surface area contributed by atoms with E-state index in [2.05, 4.69) is 10.2 Å². The molecule has 2 fully saturated rings. The summed E-state index contributed by atoms with van der Waals surface area (Å²) in [5.41, 5.74) is 5.74. The van der Waals surface area contributed by atoms with Crippen LogP contribution in [-0.4, -0.2) is 43.0 Å². The van der Waals surface area contributed by atoms with Gasteiger partial charge in [0, 0.05) is 12.6 Å². The zero-order valence-corrected chi connectivity index (χ0v) is 12.3. The van der Waals surface area contributed by atoms with Gasteiger partial charge < -0.3 is 16.0 Å². The highest BCUT2D eigenvalue weighted by molar-refractivity contribution is 5.83. The highest BCUT2D eigenvalue weighted by atomic mass is 16.2. The Morgan fingerprint density at radius 3 is 2.68 bits per heavy atom. The number of nitrogens with two attached hydrogens (primary N) is 1. The fourth-order valence-corrected chi connectivity index (χ4v) is 3.36. The Labute approximate surface area is 117 Å². The van der Waals surface area contributed by atoms with E-state index < -0.39 is 0 Å². The Hall–Kier alpha value is -0.610. The van der Waals surface area contributed by atoms with Crippen molar-refractivity contribution >= 4 is 5.91 Å². The van der Waals surface area contributed by atoms with Gasteiger partial charge in [-0.25, -0.2) is 0 Å². The summed E-state index contributed by atoms with van der Waals surface area (Å²) in [5.74, 6) is 0.163. The molecule has 1 heterocycles. The summed E-state index contributed by atoms with van der Waals surface area (Å²) in [4.78, 5) is 14.7. The molecule has 4 nitrogen and oxygen atoms in total. The highest BCUT2D eigenvalue weighted by Crippen LogP contribution is 2.36. The van der Waals surface area contributed by atoms with Gasteiger partial charge in [-0.1, -0.05) is 12.8 Å². The maximum Gasteiger partial charge on any atom is 0.227 e. The number of rotatable bonds is 5. The second kappa shape index (κ2) is 6.71. The van der Waals surface area contributed by atoms with E-state index in [1.165, 1.54) is 32.4 Å². The van der Waals surface area contributed by atoms with Crippen LogP contribution >= 0.6 is 0 Å². The van der Waals surface area contributed by atoms with Gasteiger partial charge in [0.2, 0.25) is 5.91 Å². The quantitative estimate of drug-likeness (QED) is 0.742. The normalized spacial score (nSPS) is 32.4. The lowest BCUT2D eigenvalue weighted by Crippen LogP contribution is -2.47.